The van der Waals surface area contributed by atoms with Gasteiger partial charge in [0, 0.05) is 18.6 Å². The van der Waals surface area contributed by atoms with Crippen LogP contribution in [0, 0.1) is 0 Å². The molecule has 0 radical (unpaired) electrons. The zero-order valence-corrected chi connectivity index (χ0v) is 13.7. The minimum Gasteiger partial charge on any atom is -0.491 e. The molecule has 0 saturated heterocycles. The van der Waals surface area contributed by atoms with Crippen molar-refractivity contribution in [3.8, 4) is 5.75 Å². The van der Waals surface area contributed by atoms with Crippen LogP contribution in [-0.2, 0) is 4.79 Å². The molecule has 1 N–H and O–H groups in total. The van der Waals surface area contributed by atoms with Gasteiger partial charge in [0.25, 0.3) is 0 Å². The Morgan fingerprint density at radius 1 is 1.14 bits per heavy atom. The van der Waals surface area contributed by atoms with Crippen molar-refractivity contribution in [2.24, 2.45) is 0 Å². The molecule has 1 unspecified atom stereocenters. The summed E-state index contributed by atoms with van der Waals surface area (Å²) in [5.74, 6) is 0.108. The van der Waals surface area contributed by atoms with E-state index in [0.717, 1.165) is 5.75 Å². The molecule has 0 aliphatic rings. The normalized spacial score (nSPS) is 13.0. The summed E-state index contributed by atoms with van der Waals surface area (Å²) in [7, 11) is 0. The van der Waals surface area contributed by atoms with Gasteiger partial charge in [0.15, 0.2) is 0 Å². The molecule has 0 fully saturated rings. The van der Waals surface area contributed by atoms with Crippen LogP contribution in [-0.4, -0.2) is 34.7 Å². The molecule has 1 atom stereocenters. The minimum atomic E-state index is -0.756. The Bertz CT molecular complexity index is 440. The van der Waals surface area contributed by atoms with E-state index in [9.17, 15) is 4.79 Å². The fraction of sp³-hybridized carbons (Fsp3) is 0.588. The molecule has 1 aromatic rings. The number of carbonyl (C=O) groups is 1. The van der Waals surface area contributed by atoms with Crippen molar-refractivity contribution in [3.05, 3.63) is 29.8 Å². The van der Waals surface area contributed by atoms with E-state index in [1.54, 1.807) is 0 Å². The SMILES string of the molecule is CC(C)Oc1ccc(C(C)N(CCC(=O)O)C(C)C)cc1. The van der Waals surface area contributed by atoms with Crippen molar-refractivity contribution < 1.29 is 14.6 Å². The summed E-state index contributed by atoms with van der Waals surface area (Å²) in [4.78, 5) is 13.0. The Labute approximate surface area is 127 Å². The highest BCUT2D eigenvalue weighted by Crippen LogP contribution is 2.25. The average Bonchev–Trinajstić information content (AvgIpc) is 2.38. The fourth-order valence-electron chi connectivity index (χ4n) is 2.41. The summed E-state index contributed by atoms with van der Waals surface area (Å²) in [6.45, 7) is 10.9. The lowest BCUT2D eigenvalue weighted by Crippen LogP contribution is -2.35. The van der Waals surface area contributed by atoms with E-state index in [-0.39, 0.29) is 18.6 Å². The Hall–Kier alpha value is -1.55. The molecule has 0 aromatic heterocycles. The number of hydrogen-bond donors (Lipinski definition) is 1. The first-order chi connectivity index (χ1) is 9.81. The number of aliphatic carboxylic acids is 1. The minimum absolute atomic E-state index is 0.163. The van der Waals surface area contributed by atoms with Gasteiger partial charge in [-0.2, -0.15) is 0 Å². The lowest BCUT2D eigenvalue weighted by Gasteiger charge is -2.32. The number of carboxylic acids is 1. The summed E-state index contributed by atoms with van der Waals surface area (Å²) >= 11 is 0. The zero-order chi connectivity index (χ0) is 16.0. The summed E-state index contributed by atoms with van der Waals surface area (Å²) in [5.41, 5.74) is 1.17. The third kappa shape index (κ3) is 5.76. The Kier molecular flexibility index (Phi) is 6.69. The second-order valence-corrected chi connectivity index (χ2v) is 5.89. The summed E-state index contributed by atoms with van der Waals surface area (Å²) in [5, 5.41) is 8.87. The Morgan fingerprint density at radius 3 is 2.14 bits per heavy atom. The maximum atomic E-state index is 10.8. The molecule has 0 spiro atoms. The van der Waals surface area contributed by atoms with Crippen molar-refractivity contribution in [1.29, 1.82) is 0 Å². The van der Waals surface area contributed by atoms with Crippen molar-refractivity contribution >= 4 is 5.97 Å². The van der Waals surface area contributed by atoms with E-state index in [4.69, 9.17) is 9.84 Å². The van der Waals surface area contributed by atoms with E-state index in [1.807, 2.05) is 26.0 Å². The van der Waals surface area contributed by atoms with Crippen molar-refractivity contribution in [2.45, 2.75) is 59.2 Å². The van der Waals surface area contributed by atoms with Gasteiger partial charge in [-0.25, -0.2) is 0 Å². The molecular weight excluding hydrogens is 266 g/mol. The third-order valence-electron chi connectivity index (χ3n) is 3.48. The standard InChI is InChI=1S/C17H27NO3/c1-12(2)18(11-10-17(19)20)14(5)15-6-8-16(9-7-15)21-13(3)4/h6-9,12-14H,10-11H2,1-5H3,(H,19,20). The van der Waals surface area contributed by atoms with Crippen LogP contribution in [0.4, 0.5) is 0 Å². The second-order valence-electron chi connectivity index (χ2n) is 5.89. The molecule has 0 saturated carbocycles. The first-order valence-electron chi connectivity index (χ1n) is 7.55. The highest BCUT2D eigenvalue weighted by molar-refractivity contribution is 5.66. The summed E-state index contributed by atoms with van der Waals surface area (Å²) < 4.78 is 5.64. The number of hydrogen-bond acceptors (Lipinski definition) is 3. The molecule has 4 nitrogen and oxygen atoms in total. The van der Waals surface area contributed by atoms with E-state index in [0.29, 0.717) is 12.6 Å². The molecule has 0 amide bonds. The van der Waals surface area contributed by atoms with Crippen LogP contribution in [0.15, 0.2) is 24.3 Å². The molecule has 4 heteroatoms. The second kappa shape index (κ2) is 8.03. The van der Waals surface area contributed by atoms with Crippen LogP contribution in [0.5, 0.6) is 5.75 Å². The average molecular weight is 293 g/mol. The molecule has 21 heavy (non-hydrogen) atoms. The van der Waals surface area contributed by atoms with Gasteiger partial charge >= 0.3 is 5.97 Å². The predicted octanol–water partition coefficient (Wildman–Crippen LogP) is 3.72. The van der Waals surface area contributed by atoms with Gasteiger partial charge in [0.05, 0.1) is 12.5 Å². The highest BCUT2D eigenvalue weighted by atomic mass is 16.5. The molecule has 1 rings (SSSR count). The van der Waals surface area contributed by atoms with Crippen LogP contribution < -0.4 is 4.74 Å². The molecule has 118 valence electrons. The number of nitrogens with zero attached hydrogens (tertiary/aromatic N) is 1. The van der Waals surface area contributed by atoms with Gasteiger partial charge in [-0.05, 0) is 52.3 Å². The predicted molar refractivity (Wildman–Crippen MR) is 84.7 cm³/mol. The van der Waals surface area contributed by atoms with Gasteiger partial charge in [-0.15, -0.1) is 0 Å². The van der Waals surface area contributed by atoms with Crippen LogP contribution in [0.1, 0.15) is 52.6 Å². The van der Waals surface area contributed by atoms with Gasteiger partial charge in [0.1, 0.15) is 5.75 Å². The zero-order valence-electron chi connectivity index (χ0n) is 13.7. The first-order valence-corrected chi connectivity index (χ1v) is 7.55. The number of ether oxygens (including phenoxy) is 1. The number of carboxylic acid groups (broad SMARTS) is 1. The Balaban J connectivity index is 2.78. The van der Waals surface area contributed by atoms with E-state index < -0.39 is 5.97 Å². The highest BCUT2D eigenvalue weighted by Gasteiger charge is 2.19. The summed E-state index contributed by atoms with van der Waals surface area (Å²) in [6.07, 6.45) is 0.327. The smallest absolute Gasteiger partial charge is 0.304 e. The fourth-order valence-corrected chi connectivity index (χ4v) is 2.41. The third-order valence-corrected chi connectivity index (χ3v) is 3.48. The topological polar surface area (TPSA) is 49.8 Å². The van der Waals surface area contributed by atoms with Crippen LogP contribution in [0.25, 0.3) is 0 Å². The molecule has 0 aliphatic heterocycles. The van der Waals surface area contributed by atoms with Crippen LogP contribution >= 0.6 is 0 Å². The van der Waals surface area contributed by atoms with Crippen molar-refractivity contribution in [2.75, 3.05) is 6.54 Å². The summed E-state index contributed by atoms with van der Waals surface area (Å²) in [6, 6.07) is 8.53. The van der Waals surface area contributed by atoms with E-state index >= 15 is 0 Å². The lowest BCUT2D eigenvalue weighted by molar-refractivity contribution is -0.137. The number of rotatable bonds is 8. The largest absolute Gasteiger partial charge is 0.491 e. The quantitative estimate of drug-likeness (QED) is 0.793. The van der Waals surface area contributed by atoms with E-state index in [2.05, 4.69) is 37.8 Å². The van der Waals surface area contributed by atoms with Gasteiger partial charge in [-0.1, -0.05) is 12.1 Å². The van der Waals surface area contributed by atoms with Crippen molar-refractivity contribution in [1.82, 2.24) is 4.90 Å². The van der Waals surface area contributed by atoms with E-state index in [1.165, 1.54) is 5.56 Å². The molecule has 0 bridgehead atoms. The molecule has 0 aliphatic carbocycles. The Morgan fingerprint density at radius 2 is 1.71 bits per heavy atom. The maximum absolute atomic E-state index is 10.8. The van der Waals surface area contributed by atoms with Gasteiger partial charge < -0.3 is 9.84 Å². The van der Waals surface area contributed by atoms with Gasteiger partial charge in [0.2, 0.25) is 0 Å². The first kappa shape index (κ1) is 17.5. The number of benzene rings is 1. The molecular formula is C17H27NO3. The van der Waals surface area contributed by atoms with Crippen LogP contribution in [0.2, 0.25) is 0 Å². The maximum Gasteiger partial charge on any atom is 0.304 e. The molecule has 0 heterocycles. The lowest BCUT2D eigenvalue weighted by atomic mass is 10.0. The van der Waals surface area contributed by atoms with Gasteiger partial charge in [-0.3, -0.25) is 9.69 Å². The van der Waals surface area contributed by atoms with Crippen molar-refractivity contribution in [3.63, 3.8) is 0 Å². The molecule has 1 aromatic carbocycles. The van der Waals surface area contributed by atoms with Crippen LogP contribution in [0.3, 0.4) is 0 Å². The monoisotopic (exact) mass is 293 g/mol.